The number of hydrogen-bond acceptors (Lipinski definition) is 4. The van der Waals surface area contributed by atoms with Gasteiger partial charge in [0.1, 0.15) is 5.75 Å². The minimum atomic E-state index is -0.187. The van der Waals surface area contributed by atoms with Crippen molar-refractivity contribution >= 4 is 11.8 Å². The molecule has 0 aromatic heterocycles. The number of ether oxygens (including phenoxy) is 1. The van der Waals surface area contributed by atoms with Crippen molar-refractivity contribution in [1.82, 2.24) is 0 Å². The van der Waals surface area contributed by atoms with Gasteiger partial charge in [-0.05, 0) is 19.9 Å². The van der Waals surface area contributed by atoms with Crippen LogP contribution in [-0.2, 0) is 11.4 Å². The molecule has 1 aromatic rings. The Morgan fingerprint density at radius 1 is 1.50 bits per heavy atom. The van der Waals surface area contributed by atoms with Crippen LogP contribution in [-0.4, -0.2) is 4.93 Å². The van der Waals surface area contributed by atoms with Crippen molar-refractivity contribution in [3.05, 3.63) is 23.8 Å². The molecule has 4 heteroatoms. The number of hydrogen-bond donors (Lipinski definition) is 1. The van der Waals surface area contributed by atoms with Crippen molar-refractivity contribution in [3.8, 4) is 5.75 Å². The molecule has 0 spiro atoms. The van der Waals surface area contributed by atoms with Gasteiger partial charge in [0.05, 0.1) is 11.5 Å². The zero-order valence-corrected chi connectivity index (χ0v) is 9.06. The van der Waals surface area contributed by atoms with Gasteiger partial charge in [0.2, 0.25) is 0 Å². The summed E-state index contributed by atoms with van der Waals surface area (Å²) in [7, 11) is 0. The lowest BCUT2D eigenvalue weighted by molar-refractivity contribution is 0.118. The maximum absolute atomic E-state index is 5.81. The second-order valence-corrected chi connectivity index (χ2v) is 5.29. The van der Waals surface area contributed by atoms with Gasteiger partial charge in [-0.2, -0.15) is 0 Å². The van der Waals surface area contributed by atoms with Crippen molar-refractivity contribution in [2.75, 3.05) is 0 Å². The SMILES string of the molecule is CC1(C)Oc2c(CON)cccc2S1. The van der Waals surface area contributed by atoms with Gasteiger partial charge in [-0.15, -0.1) is 0 Å². The Balaban J connectivity index is 2.36. The Bertz CT molecular complexity index is 352. The summed E-state index contributed by atoms with van der Waals surface area (Å²) in [5.74, 6) is 5.97. The van der Waals surface area contributed by atoms with Crippen LogP contribution in [0.1, 0.15) is 19.4 Å². The maximum atomic E-state index is 5.81. The number of benzene rings is 1. The van der Waals surface area contributed by atoms with E-state index in [1.807, 2.05) is 26.0 Å². The Hall–Kier alpha value is -0.710. The normalized spacial score (nSPS) is 17.6. The van der Waals surface area contributed by atoms with Gasteiger partial charge in [-0.1, -0.05) is 23.9 Å². The van der Waals surface area contributed by atoms with Crippen LogP contribution in [0.3, 0.4) is 0 Å². The Morgan fingerprint density at radius 2 is 2.29 bits per heavy atom. The fourth-order valence-electron chi connectivity index (χ4n) is 1.49. The first-order chi connectivity index (χ1) is 6.62. The zero-order valence-electron chi connectivity index (χ0n) is 8.24. The topological polar surface area (TPSA) is 44.5 Å². The third-order valence-electron chi connectivity index (χ3n) is 2.00. The summed E-state index contributed by atoms with van der Waals surface area (Å²) in [5, 5.41) is 0. The van der Waals surface area contributed by atoms with Crippen LogP contribution < -0.4 is 10.6 Å². The van der Waals surface area contributed by atoms with Crippen molar-refractivity contribution in [2.45, 2.75) is 30.3 Å². The van der Waals surface area contributed by atoms with E-state index >= 15 is 0 Å². The van der Waals surface area contributed by atoms with Gasteiger partial charge in [0.15, 0.2) is 4.93 Å². The van der Waals surface area contributed by atoms with E-state index < -0.39 is 0 Å². The Morgan fingerprint density at radius 3 is 3.00 bits per heavy atom. The van der Waals surface area contributed by atoms with Crippen LogP contribution in [0.15, 0.2) is 23.1 Å². The van der Waals surface area contributed by atoms with Crippen molar-refractivity contribution in [1.29, 1.82) is 0 Å². The summed E-state index contributed by atoms with van der Waals surface area (Å²) in [6.07, 6.45) is 0. The molecule has 0 radical (unpaired) electrons. The summed E-state index contributed by atoms with van der Waals surface area (Å²) in [6.45, 7) is 4.48. The van der Waals surface area contributed by atoms with E-state index in [-0.39, 0.29) is 4.93 Å². The first-order valence-corrected chi connectivity index (χ1v) is 5.25. The van der Waals surface area contributed by atoms with Gasteiger partial charge in [-0.25, -0.2) is 5.90 Å². The molecule has 1 aliphatic heterocycles. The maximum Gasteiger partial charge on any atom is 0.153 e. The molecule has 1 aliphatic rings. The van der Waals surface area contributed by atoms with Crippen molar-refractivity contribution in [3.63, 3.8) is 0 Å². The lowest BCUT2D eigenvalue weighted by Gasteiger charge is -2.16. The van der Waals surface area contributed by atoms with Crippen LogP contribution in [0.5, 0.6) is 5.75 Å². The van der Waals surface area contributed by atoms with Crippen LogP contribution in [0.25, 0.3) is 0 Å². The van der Waals surface area contributed by atoms with E-state index in [4.69, 9.17) is 10.6 Å². The average Bonchev–Trinajstić information content (AvgIpc) is 2.41. The lowest BCUT2D eigenvalue weighted by atomic mass is 10.2. The third kappa shape index (κ3) is 1.73. The molecule has 0 atom stereocenters. The molecule has 2 N–H and O–H groups in total. The van der Waals surface area contributed by atoms with Crippen molar-refractivity contribution < 1.29 is 9.57 Å². The van der Waals surface area contributed by atoms with E-state index in [1.54, 1.807) is 11.8 Å². The molecule has 76 valence electrons. The lowest BCUT2D eigenvalue weighted by Crippen LogP contribution is -2.18. The average molecular weight is 211 g/mol. The van der Waals surface area contributed by atoms with Gasteiger partial charge < -0.3 is 4.74 Å². The number of rotatable bonds is 2. The summed E-state index contributed by atoms with van der Waals surface area (Å²) >= 11 is 1.71. The molecule has 14 heavy (non-hydrogen) atoms. The minimum Gasteiger partial charge on any atom is -0.475 e. The highest BCUT2D eigenvalue weighted by molar-refractivity contribution is 8.00. The largest absolute Gasteiger partial charge is 0.475 e. The molecule has 0 bridgehead atoms. The number of nitrogens with two attached hydrogens (primary N) is 1. The monoisotopic (exact) mass is 211 g/mol. The molecule has 1 heterocycles. The molecular weight excluding hydrogens is 198 g/mol. The molecular formula is C10H13NO2S. The predicted octanol–water partition coefficient (Wildman–Crippen LogP) is 2.30. The second-order valence-electron chi connectivity index (χ2n) is 3.66. The van der Waals surface area contributed by atoms with E-state index in [2.05, 4.69) is 10.9 Å². The molecule has 0 saturated heterocycles. The standard InChI is InChI=1S/C10H13NO2S/c1-10(2)13-9-7(6-12-11)4-3-5-8(9)14-10/h3-5H,6,11H2,1-2H3. The smallest absolute Gasteiger partial charge is 0.153 e. The van der Waals surface area contributed by atoms with Crippen LogP contribution in [0.2, 0.25) is 0 Å². The van der Waals surface area contributed by atoms with E-state index in [1.165, 1.54) is 0 Å². The number of thioether (sulfide) groups is 1. The molecule has 0 fully saturated rings. The van der Waals surface area contributed by atoms with Gasteiger partial charge in [0.25, 0.3) is 0 Å². The summed E-state index contributed by atoms with van der Waals surface area (Å²) in [6, 6.07) is 6.01. The van der Waals surface area contributed by atoms with E-state index in [0.29, 0.717) is 6.61 Å². The van der Waals surface area contributed by atoms with E-state index in [0.717, 1.165) is 16.2 Å². The van der Waals surface area contributed by atoms with Gasteiger partial charge in [0, 0.05) is 5.56 Å². The molecule has 0 saturated carbocycles. The highest BCUT2D eigenvalue weighted by Gasteiger charge is 2.32. The molecule has 1 aromatic carbocycles. The Labute approximate surface area is 87.5 Å². The first-order valence-electron chi connectivity index (χ1n) is 4.44. The quantitative estimate of drug-likeness (QED) is 0.762. The fraction of sp³-hybridized carbons (Fsp3) is 0.400. The molecule has 2 rings (SSSR count). The fourth-order valence-corrected chi connectivity index (χ4v) is 2.56. The third-order valence-corrected chi connectivity index (χ3v) is 3.12. The van der Waals surface area contributed by atoms with Gasteiger partial charge in [-0.3, -0.25) is 4.84 Å². The summed E-state index contributed by atoms with van der Waals surface area (Å²) in [5.41, 5.74) is 1.00. The van der Waals surface area contributed by atoms with Gasteiger partial charge >= 0.3 is 0 Å². The molecule has 0 aliphatic carbocycles. The number of fused-ring (bicyclic) bond motifs is 1. The molecule has 0 amide bonds. The number of para-hydroxylation sites is 1. The Kier molecular flexibility index (Phi) is 2.43. The highest BCUT2D eigenvalue weighted by Crippen LogP contribution is 2.48. The van der Waals surface area contributed by atoms with Crippen LogP contribution >= 0.6 is 11.8 Å². The highest BCUT2D eigenvalue weighted by atomic mass is 32.2. The first kappa shape index (κ1) is 9.83. The summed E-state index contributed by atoms with van der Waals surface area (Å²) in [4.78, 5) is 5.60. The molecule has 0 unspecified atom stereocenters. The van der Waals surface area contributed by atoms with Crippen molar-refractivity contribution in [2.24, 2.45) is 5.90 Å². The van der Waals surface area contributed by atoms with Crippen LogP contribution in [0.4, 0.5) is 0 Å². The van der Waals surface area contributed by atoms with E-state index in [9.17, 15) is 0 Å². The molecule has 3 nitrogen and oxygen atoms in total. The second kappa shape index (κ2) is 3.46. The predicted molar refractivity (Wildman–Crippen MR) is 56.0 cm³/mol. The minimum absolute atomic E-state index is 0.187. The summed E-state index contributed by atoms with van der Waals surface area (Å²) < 4.78 is 5.81. The zero-order chi connectivity index (χ0) is 10.2. The van der Waals surface area contributed by atoms with Crippen LogP contribution in [0, 0.1) is 0 Å².